The Kier molecular flexibility index (Phi) is 17.4. The number of ether oxygens (including phenoxy) is 2. The van der Waals surface area contributed by atoms with E-state index in [0.29, 0.717) is 61.4 Å². The maximum absolute atomic E-state index is 12.8. The van der Waals surface area contributed by atoms with Gasteiger partial charge in [-0.15, -0.1) is 0 Å². The van der Waals surface area contributed by atoms with Crippen molar-refractivity contribution in [1.29, 1.82) is 0 Å². The molecule has 0 heterocycles. The van der Waals surface area contributed by atoms with E-state index >= 15 is 0 Å². The van der Waals surface area contributed by atoms with Gasteiger partial charge in [-0.05, 0) is 154 Å². The van der Waals surface area contributed by atoms with Crippen LogP contribution in [-0.4, -0.2) is 55.1 Å². The van der Waals surface area contributed by atoms with Crippen LogP contribution < -0.4 is 20.1 Å². The van der Waals surface area contributed by atoms with E-state index in [4.69, 9.17) is 9.47 Å². The average Bonchev–Trinajstić information content (AvgIpc) is 3.48. The fourth-order valence-electron chi connectivity index (χ4n) is 11.5. The molecule has 316 valence electrons. The largest absolute Gasteiger partial charge is 0.493 e. The van der Waals surface area contributed by atoms with E-state index in [-0.39, 0.29) is 28.7 Å². The molecule has 0 spiro atoms. The van der Waals surface area contributed by atoms with Crippen molar-refractivity contribution in [2.75, 3.05) is 26.3 Å². The maximum atomic E-state index is 12.8. The molecule has 0 aromatic heterocycles. The van der Waals surface area contributed by atoms with Gasteiger partial charge in [0.2, 0.25) is 11.8 Å². The van der Waals surface area contributed by atoms with Crippen molar-refractivity contribution in [1.82, 2.24) is 10.6 Å². The number of hydrogen-bond donors (Lipinski definition) is 3. The van der Waals surface area contributed by atoms with Crippen molar-refractivity contribution in [3.05, 3.63) is 23.8 Å². The molecule has 3 N–H and O–H groups in total. The third-order valence-electron chi connectivity index (χ3n) is 14.9. The molecule has 4 aliphatic carbocycles. The first-order valence-corrected chi connectivity index (χ1v) is 23.2. The van der Waals surface area contributed by atoms with Crippen molar-refractivity contribution in [3.8, 4) is 11.5 Å². The number of benzene rings is 1. The van der Waals surface area contributed by atoms with Crippen LogP contribution in [0.3, 0.4) is 0 Å². The molecule has 8 atom stereocenters. The summed E-state index contributed by atoms with van der Waals surface area (Å²) in [5.41, 5.74) is 1.49. The SMILES string of the molecule is CCCCCNC(=O)CCCCOc1cc(CCCC2CC3CC(=O)CC[C@]3(C)[C@@H]3CC[C@]4(C)C(O)CC[C@H]4[C@H]23)cc(OCCCCC(=O)NCCCCC)c1. The van der Waals surface area contributed by atoms with Gasteiger partial charge in [-0.25, -0.2) is 0 Å². The minimum Gasteiger partial charge on any atom is -0.493 e. The standard InChI is InChI=1S/C48H78N2O6/c1-5-7-11-26-49-44(53)18-9-13-28-55-39-30-35(31-40(34-39)56-29-14-10-19-45(54)50-27-12-8-6-2)16-15-17-36-32-37-33-38(51)22-24-47(37,3)42-23-25-48(4)41(46(36)42)20-21-43(48)52/h30-31,34,36-37,41-43,46,52H,5-29,32-33H2,1-4H3,(H,49,53)(H,50,54)/t36?,37?,41-,42+,43?,46-,47-,48-/m0/s1. The number of amides is 2. The molecule has 0 aliphatic heterocycles. The quantitative estimate of drug-likeness (QED) is 0.0901. The number of aliphatic hydroxyl groups is 1. The van der Waals surface area contributed by atoms with Gasteiger partial charge in [0.05, 0.1) is 19.3 Å². The average molecular weight is 779 g/mol. The summed E-state index contributed by atoms with van der Waals surface area (Å²) in [5, 5.41) is 17.3. The van der Waals surface area contributed by atoms with Crippen molar-refractivity contribution < 1.29 is 29.0 Å². The Labute approximate surface area is 339 Å². The van der Waals surface area contributed by atoms with Gasteiger partial charge in [0.1, 0.15) is 17.3 Å². The lowest BCUT2D eigenvalue weighted by molar-refractivity contribution is -0.156. The molecule has 0 bridgehead atoms. The minimum atomic E-state index is -0.186. The van der Waals surface area contributed by atoms with Gasteiger partial charge in [-0.2, -0.15) is 0 Å². The highest BCUT2D eigenvalue weighted by atomic mass is 16.5. The van der Waals surface area contributed by atoms with Crippen LogP contribution in [0.4, 0.5) is 0 Å². The van der Waals surface area contributed by atoms with E-state index in [1.165, 1.54) is 12.0 Å². The number of unbranched alkanes of at least 4 members (excludes halogenated alkanes) is 6. The van der Waals surface area contributed by atoms with Crippen LogP contribution in [-0.2, 0) is 20.8 Å². The van der Waals surface area contributed by atoms with Gasteiger partial charge in [0.15, 0.2) is 0 Å². The van der Waals surface area contributed by atoms with E-state index in [0.717, 1.165) is 153 Å². The second kappa shape index (κ2) is 22.0. The third-order valence-corrected chi connectivity index (χ3v) is 14.9. The molecule has 8 heteroatoms. The van der Waals surface area contributed by atoms with E-state index < -0.39 is 0 Å². The predicted octanol–water partition coefficient (Wildman–Crippen LogP) is 9.92. The summed E-state index contributed by atoms with van der Waals surface area (Å²) in [6.07, 6.45) is 22.0. The van der Waals surface area contributed by atoms with Crippen LogP contribution in [0.1, 0.15) is 175 Å². The highest BCUT2D eigenvalue weighted by Gasteiger charge is 2.62. The Balaban J connectivity index is 1.18. The van der Waals surface area contributed by atoms with Crippen LogP contribution >= 0.6 is 0 Å². The molecule has 56 heavy (non-hydrogen) atoms. The fourth-order valence-corrected chi connectivity index (χ4v) is 11.5. The topological polar surface area (TPSA) is 114 Å². The number of fused-ring (bicyclic) bond motifs is 5. The zero-order valence-corrected chi connectivity index (χ0v) is 35.8. The van der Waals surface area contributed by atoms with Gasteiger partial charge >= 0.3 is 0 Å². The highest BCUT2D eigenvalue weighted by Crippen LogP contribution is 2.67. The molecular formula is C48H78N2O6. The van der Waals surface area contributed by atoms with Gasteiger partial charge in [-0.1, -0.05) is 53.4 Å². The maximum Gasteiger partial charge on any atom is 0.219 e. The van der Waals surface area contributed by atoms with Crippen LogP contribution in [0, 0.1) is 40.4 Å². The third kappa shape index (κ3) is 12.0. The Morgan fingerprint density at radius 3 is 1.96 bits per heavy atom. The molecule has 8 nitrogen and oxygen atoms in total. The van der Waals surface area contributed by atoms with Gasteiger partial charge in [0, 0.05) is 44.8 Å². The number of carbonyl (C=O) groups is 3. The molecule has 0 radical (unpaired) electrons. The summed E-state index contributed by atoms with van der Waals surface area (Å²) >= 11 is 0. The molecular weight excluding hydrogens is 701 g/mol. The normalized spacial score (nSPS) is 29.6. The molecule has 0 saturated heterocycles. The number of nitrogens with one attached hydrogen (secondary N) is 2. The molecule has 1 aromatic carbocycles. The van der Waals surface area contributed by atoms with Gasteiger partial charge < -0.3 is 25.2 Å². The number of rotatable bonds is 24. The van der Waals surface area contributed by atoms with Gasteiger partial charge in [0.25, 0.3) is 0 Å². The second-order valence-electron chi connectivity index (χ2n) is 18.8. The van der Waals surface area contributed by atoms with E-state index in [2.05, 4.69) is 50.5 Å². The Morgan fingerprint density at radius 2 is 1.36 bits per heavy atom. The van der Waals surface area contributed by atoms with E-state index in [1.807, 2.05) is 6.07 Å². The zero-order chi connectivity index (χ0) is 40.0. The molecule has 2 amide bonds. The highest BCUT2D eigenvalue weighted by molar-refractivity contribution is 5.79. The summed E-state index contributed by atoms with van der Waals surface area (Å²) in [4.78, 5) is 37.3. The van der Waals surface area contributed by atoms with Crippen molar-refractivity contribution in [2.45, 2.75) is 181 Å². The van der Waals surface area contributed by atoms with Crippen LogP contribution in [0.15, 0.2) is 18.2 Å². The first kappa shape index (κ1) is 44.5. The van der Waals surface area contributed by atoms with E-state index in [9.17, 15) is 19.5 Å². The molecule has 4 saturated carbocycles. The van der Waals surface area contributed by atoms with E-state index in [1.54, 1.807) is 0 Å². The van der Waals surface area contributed by atoms with Crippen molar-refractivity contribution in [2.24, 2.45) is 40.4 Å². The predicted molar refractivity (Wildman–Crippen MR) is 225 cm³/mol. The van der Waals surface area contributed by atoms with Crippen molar-refractivity contribution >= 4 is 17.6 Å². The molecule has 1 aromatic rings. The van der Waals surface area contributed by atoms with Crippen LogP contribution in [0.2, 0.25) is 0 Å². The monoisotopic (exact) mass is 779 g/mol. The second-order valence-corrected chi connectivity index (χ2v) is 18.8. The molecule has 5 rings (SSSR count). The Hall–Kier alpha value is -2.61. The smallest absolute Gasteiger partial charge is 0.219 e. The number of aryl methyl sites for hydroxylation is 1. The summed E-state index contributed by atoms with van der Waals surface area (Å²) < 4.78 is 12.6. The number of hydrogen-bond acceptors (Lipinski definition) is 6. The lowest BCUT2D eigenvalue weighted by atomic mass is 9.42. The first-order valence-electron chi connectivity index (χ1n) is 23.2. The first-order chi connectivity index (χ1) is 27.1. The number of aliphatic hydroxyl groups excluding tert-OH is 1. The number of carbonyl (C=O) groups excluding carboxylic acids is 3. The zero-order valence-electron chi connectivity index (χ0n) is 35.8. The summed E-state index contributed by atoms with van der Waals surface area (Å²) in [6.45, 7) is 11.9. The van der Waals surface area contributed by atoms with Crippen LogP contribution in [0.5, 0.6) is 11.5 Å². The Bertz CT molecular complexity index is 1350. The van der Waals surface area contributed by atoms with Crippen molar-refractivity contribution in [3.63, 3.8) is 0 Å². The summed E-state index contributed by atoms with van der Waals surface area (Å²) in [7, 11) is 0. The lowest BCUT2D eigenvalue weighted by Crippen LogP contribution is -2.57. The number of Topliss-reactive ketones (excluding diaryl/α,β-unsaturated/α-hetero) is 1. The Morgan fingerprint density at radius 1 is 0.750 bits per heavy atom. The van der Waals surface area contributed by atoms with Crippen LogP contribution in [0.25, 0.3) is 0 Å². The molecule has 4 aliphatic rings. The number of ketones is 1. The lowest BCUT2D eigenvalue weighted by Gasteiger charge is -2.62. The molecule has 3 unspecified atom stereocenters. The summed E-state index contributed by atoms with van der Waals surface area (Å²) in [6, 6.07) is 6.33. The van der Waals surface area contributed by atoms with Gasteiger partial charge in [-0.3, -0.25) is 14.4 Å². The minimum absolute atomic E-state index is 0.0296. The fraction of sp³-hybridized carbons (Fsp3) is 0.812. The molecule has 4 fully saturated rings. The summed E-state index contributed by atoms with van der Waals surface area (Å²) in [5.74, 6) is 5.26.